The molecule has 0 amide bonds. The van der Waals surface area contributed by atoms with Crippen LogP contribution in [0.15, 0.2) is 35.5 Å². The van der Waals surface area contributed by atoms with Crippen LogP contribution in [0.2, 0.25) is 0 Å². The summed E-state index contributed by atoms with van der Waals surface area (Å²) in [6, 6.07) is 0. The molecule has 0 spiro atoms. The zero-order chi connectivity index (χ0) is 32.6. The van der Waals surface area contributed by atoms with E-state index in [9.17, 15) is 29.7 Å². The zero-order valence-electron chi connectivity index (χ0n) is 28.8. The Kier molecular flexibility index (Phi) is 19.1. The summed E-state index contributed by atoms with van der Waals surface area (Å²) in [4.78, 5) is 34.3. The molecule has 0 N–H and O–H groups in total. The molecule has 0 rings (SSSR count). The Bertz CT molecular complexity index is 801. The maximum absolute atomic E-state index is 11.4. The van der Waals surface area contributed by atoms with Crippen LogP contribution in [0.3, 0.4) is 0 Å². The third-order valence-electron chi connectivity index (χ3n) is 5.22. The van der Waals surface area contributed by atoms with E-state index in [1.165, 1.54) is 18.2 Å². The van der Waals surface area contributed by atoms with Crippen LogP contribution in [0.1, 0.15) is 125 Å². The van der Waals surface area contributed by atoms with E-state index < -0.39 is 32.5 Å². The fourth-order valence-electron chi connectivity index (χ4n) is 1.66. The van der Waals surface area contributed by atoms with Gasteiger partial charge in [-0.3, -0.25) is 14.4 Å². The molecule has 0 saturated heterocycles. The molecule has 6 nitrogen and oxygen atoms in total. The van der Waals surface area contributed by atoms with E-state index in [0.717, 1.165) is 0 Å². The molecule has 0 radical (unpaired) electrons. The van der Waals surface area contributed by atoms with Gasteiger partial charge in [0.25, 0.3) is 0 Å². The molecule has 0 fully saturated rings. The smallest absolute Gasteiger partial charge is 0.875 e. The van der Waals surface area contributed by atoms with Crippen LogP contribution in [-0.2, 0) is 14.4 Å². The minimum absolute atomic E-state index is 0. The standard InChI is InChI=1S/3C11H20O2.Pr/c3*1-10(2,3)8(12)7-9(13)11(4,5)6;/h3*7,12H,1-6H3;/q;;;+3/p-3/b3*8-7-;. The summed E-state index contributed by atoms with van der Waals surface area (Å²) in [5.41, 5.74) is -2.74. The Morgan fingerprint density at radius 2 is 0.475 bits per heavy atom. The van der Waals surface area contributed by atoms with E-state index in [0.29, 0.717) is 0 Å². The molecule has 0 saturated carbocycles. The van der Waals surface area contributed by atoms with Crippen molar-refractivity contribution in [1.82, 2.24) is 0 Å². The first-order chi connectivity index (χ1) is 16.6. The van der Waals surface area contributed by atoms with E-state index in [1.54, 1.807) is 0 Å². The van der Waals surface area contributed by atoms with Crippen LogP contribution in [0.25, 0.3) is 0 Å². The number of carbonyl (C=O) groups excluding carboxylic acids is 3. The van der Waals surface area contributed by atoms with Gasteiger partial charge >= 0.3 is 41.3 Å². The number of hydrogen-bond donors (Lipinski definition) is 0. The van der Waals surface area contributed by atoms with Crippen LogP contribution in [0, 0.1) is 73.8 Å². The molecule has 0 aromatic heterocycles. The average Bonchev–Trinajstić information content (AvgIpc) is 2.64. The molecular formula is C33H57O6Pr. The molecule has 0 unspecified atom stereocenters. The van der Waals surface area contributed by atoms with Crippen LogP contribution in [0.4, 0.5) is 0 Å². The molecule has 0 aliphatic heterocycles. The van der Waals surface area contributed by atoms with Gasteiger partial charge in [0.1, 0.15) is 0 Å². The second-order valence-corrected chi connectivity index (χ2v) is 16.1. The summed E-state index contributed by atoms with van der Waals surface area (Å²) in [7, 11) is 0. The SMILES string of the molecule is CC(C)(C)C(=O)/C=C(\[O-])C(C)(C)C.CC(C)(C)C(=O)/C=C(\[O-])C(C)(C)C.CC(C)(C)C(=O)/C=C(\[O-])C(C)(C)C.[Pr+3]. The predicted molar refractivity (Wildman–Crippen MR) is 156 cm³/mol. The first-order valence-electron chi connectivity index (χ1n) is 13.5. The summed E-state index contributed by atoms with van der Waals surface area (Å²) in [6.45, 7) is 32.5. The molecular weight excluding hydrogens is 633 g/mol. The van der Waals surface area contributed by atoms with Crippen LogP contribution >= 0.6 is 0 Å². The third-order valence-corrected chi connectivity index (χ3v) is 5.22. The second-order valence-electron chi connectivity index (χ2n) is 16.1. The van der Waals surface area contributed by atoms with Crippen molar-refractivity contribution < 1.29 is 71.0 Å². The van der Waals surface area contributed by atoms with E-state index in [2.05, 4.69) is 0 Å². The molecule has 0 aromatic rings. The van der Waals surface area contributed by atoms with Gasteiger partial charge < -0.3 is 15.3 Å². The van der Waals surface area contributed by atoms with Crippen molar-refractivity contribution in [3.63, 3.8) is 0 Å². The molecule has 228 valence electrons. The van der Waals surface area contributed by atoms with E-state index >= 15 is 0 Å². The molecule has 0 aliphatic carbocycles. The Morgan fingerprint density at radius 1 is 0.350 bits per heavy atom. The molecule has 0 aliphatic rings. The third kappa shape index (κ3) is 21.7. The van der Waals surface area contributed by atoms with Crippen molar-refractivity contribution in [2.24, 2.45) is 32.5 Å². The second kappa shape index (κ2) is 16.6. The summed E-state index contributed by atoms with van der Waals surface area (Å²) >= 11 is 0. The average molecular weight is 691 g/mol. The Labute approximate surface area is 279 Å². The zero-order valence-corrected chi connectivity index (χ0v) is 32.5. The quantitative estimate of drug-likeness (QED) is 0.278. The van der Waals surface area contributed by atoms with Gasteiger partial charge in [0.2, 0.25) is 0 Å². The fraction of sp³-hybridized carbons (Fsp3) is 0.727. The maximum atomic E-state index is 11.4. The van der Waals surface area contributed by atoms with Crippen LogP contribution in [0.5, 0.6) is 0 Å². The van der Waals surface area contributed by atoms with Crippen molar-refractivity contribution in [2.75, 3.05) is 0 Å². The molecule has 0 bridgehead atoms. The minimum atomic E-state index is -0.457. The number of allylic oxidation sites excluding steroid dienone is 6. The first-order valence-corrected chi connectivity index (χ1v) is 13.5. The van der Waals surface area contributed by atoms with E-state index in [4.69, 9.17) is 0 Å². The van der Waals surface area contributed by atoms with Gasteiger partial charge in [-0.2, -0.15) is 0 Å². The molecule has 0 atom stereocenters. The Balaban J connectivity index is -0.000000240. The number of ketones is 3. The molecule has 0 aromatic carbocycles. The van der Waals surface area contributed by atoms with Crippen molar-refractivity contribution in [2.45, 2.75) is 125 Å². The van der Waals surface area contributed by atoms with Gasteiger partial charge in [0, 0.05) is 16.2 Å². The van der Waals surface area contributed by atoms with Crippen molar-refractivity contribution in [1.29, 1.82) is 0 Å². The normalized spacial score (nSPS) is 14.1. The summed E-state index contributed by atoms with van der Waals surface area (Å²) in [5.74, 6) is -0.625. The van der Waals surface area contributed by atoms with Crippen molar-refractivity contribution in [3.05, 3.63) is 35.5 Å². The van der Waals surface area contributed by atoms with Gasteiger partial charge in [-0.05, 0) is 34.5 Å². The molecule has 40 heavy (non-hydrogen) atoms. The number of rotatable bonds is 3. The largest absolute Gasteiger partial charge is 3.00 e. The molecule has 0 heterocycles. The van der Waals surface area contributed by atoms with Gasteiger partial charge in [0.15, 0.2) is 17.3 Å². The maximum Gasteiger partial charge on any atom is 3.00 e. The monoisotopic (exact) mass is 690 g/mol. The number of hydrogen-bond acceptors (Lipinski definition) is 6. The van der Waals surface area contributed by atoms with Gasteiger partial charge in [-0.15, -0.1) is 17.3 Å². The van der Waals surface area contributed by atoms with E-state index in [1.807, 2.05) is 125 Å². The van der Waals surface area contributed by atoms with Gasteiger partial charge in [-0.1, -0.05) is 125 Å². The van der Waals surface area contributed by atoms with Gasteiger partial charge in [-0.25, -0.2) is 0 Å². The summed E-state index contributed by atoms with van der Waals surface area (Å²) < 4.78 is 0. The fourth-order valence-corrected chi connectivity index (χ4v) is 1.66. The predicted octanol–water partition coefficient (Wildman–Crippen LogP) is 5.68. The Morgan fingerprint density at radius 3 is 0.550 bits per heavy atom. The van der Waals surface area contributed by atoms with Crippen molar-refractivity contribution >= 4 is 17.3 Å². The topological polar surface area (TPSA) is 120 Å². The van der Waals surface area contributed by atoms with Crippen LogP contribution < -0.4 is 15.3 Å². The van der Waals surface area contributed by atoms with Crippen LogP contribution in [-0.4, -0.2) is 17.3 Å². The van der Waals surface area contributed by atoms with E-state index in [-0.39, 0.29) is 75.9 Å². The molecule has 7 heteroatoms. The Hall–Kier alpha value is -1.01. The first kappa shape index (κ1) is 46.0. The van der Waals surface area contributed by atoms with Crippen molar-refractivity contribution in [3.8, 4) is 0 Å². The van der Waals surface area contributed by atoms with Gasteiger partial charge in [0.05, 0.1) is 0 Å². The summed E-state index contributed by atoms with van der Waals surface area (Å²) in [6.07, 6.45) is 3.67. The number of carbonyl (C=O) groups is 3. The minimum Gasteiger partial charge on any atom is -0.875 e. The summed E-state index contributed by atoms with van der Waals surface area (Å²) in [5, 5.41) is 34.3.